The molecule has 3 aliphatic carbocycles. The quantitative estimate of drug-likeness (QED) is 0.697. The van der Waals surface area contributed by atoms with Crippen LogP contribution in [0.25, 0.3) is 6.08 Å². The number of aromatic hydroxyl groups is 1. The monoisotopic (exact) mass is 314 g/mol. The smallest absolute Gasteiger partial charge is 0.161 e. The summed E-state index contributed by atoms with van der Waals surface area (Å²) in [6.07, 6.45) is 8.73. The molecular weight excluding hydrogens is 292 g/mol. The molecule has 122 valence electrons. The van der Waals surface area contributed by atoms with Crippen molar-refractivity contribution in [3.8, 4) is 11.5 Å². The lowest BCUT2D eigenvalue weighted by molar-refractivity contribution is -0.100. The minimum atomic E-state index is -0.963. The molecule has 1 aromatic carbocycles. The van der Waals surface area contributed by atoms with Crippen molar-refractivity contribution >= 4 is 6.08 Å². The number of rotatable bonds is 1. The van der Waals surface area contributed by atoms with Crippen molar-refractivity contribution in [3.63, 3.8) is 0 Å². The Kier molecular flexibility index (Phi) is 2.97. The molecule has 4 rings (SSSR count). The van der Waals surface area contributed by atoms with Gasteiger partial charge < -0.3 is 20.1 Å². The zero-order chi connectivity index (χ0) is 16.4. The molecule has 1 saturated carbocycles. The third-order valence-corrected chi connectivity index (χ3v) is 6.24. The highest BCUT2D eigenvalue weighted by atomic mass is 16.5. The van der Waals surface area contributed by atoms with E-state index < -0.39 is 17.1 Å². The lowest BCUT2D eigenvalue weighted by Gasteiger charge is -2.50. The second-order valence-corrected chi connectivity index (χ2v) is 7.18. The Labute approximate surface area is 135 Å². The predicted octanol–water partition coefficient (Wildman–Crippen LogP) is 2.59. The number of aliphatic hydroxyl groups excluding tert-OH is 1. The summed E-state index contributed by atoms with van der Waals surface area (Å²) in [4.78, 5) is 0. The third-order valence-electron chi connectivity index (χ3n) is 6.24. The fourth-order valence-corrected chi connectivity index (χ4v) is 4.70. The topological polar surface area (TPSA) is 69.9 Å². The fourth-order valence-electron chi connectivity index (χ4n) is 4.70. The molecule has 0 aliphatic heterocycles. The van der Waals surface area contributed by atoms with E-state index >= 15 is 0 Å². The van der Waals surface area contributed by atoms with E-state index in [4.69, 9.17) is 4.74 Å². The van der Waals surface area contributed by atoms with Gasteiger partial charge in [-0.25, -0.2) is 0 Å². The molecule has 4 nitrogen and oxygen atoms in total. The molecule has 1 aromatic rings. The Morgan fingerprint density at radius 1 is 1.26 bits per heavy atom. The molecule has 0 spiro atoms. The summed E-state index contributed by atoms with van der Waals surface area (Å²) in [6, 6.07) is 3.56. The van der Waals surface area contributed by atoms with Gasteiger partial charge in [-0.1, -0.05) is 31.2 Å². The first-order valence-electron chi connectivity index (χ1n) is 8.09. The van der Waals surface area contributed by atoms with Gasteiger partial charge in [0, 0.05) is 17.3 Å². The van der Waals surface area contributed by atoms with E-state index in [0.717, 1.165) is 11.1 Å². The predicted molar refractivity (Wildman–Crippen MR) is 87.4 cm³/mol. The molecular formula is C19H22O4. The molecule has 0 aromatic heterocycles. The van der Waals surface area contributed by atoms with Crippen molar-refractivity contribution < 1.29 is 20.1 Å². The number of ether oxygens (including phenoxy) is 1. The Balaban J connectivity index is 1.86. The maximum Gasteiger partial charge on any atom is 0.161 e. The maximum atomic E-state index is 11.4. The van der Waals surface area contributed by atoms with Crippen LogP contribution in [0.5, 0.6) is 11.5 Å². The summed E-state index contributed by atoms with van der Waals surface area (Å²) in [5.41, 5.74) is 0.403. The third kappa shape index (κ3) is 1.73. The number of phenolic OH excluding ortho intramolecular Hbond substituents is 1. The van der Waals surface area contributed by atoms with Crippen molar-refractivity contribution in [2.45, 2.75) is 37.4 Å². The first-order chi connectivity index (χ1) is 10.9. The molecule has 3 N–H and O–H groups in total. The van der Waals surface area contributed by atoms with Crippen LogP contribution < -0.4 is 4.74 Å². The van der Waals surface area contributed by atoms with Crippen molar-refractivity contribution in [2.75, 3.05) is 7.11 Å². The van der Waals surface area contributed by atoms with Gasteiger partial charge in [-0.05, 0) is 36.1 Å². The number of allylic oxidation sites excluding steroid dienone is 1. The van der Waals surface area contributed by atoms with Gasteiger partial charge in [0.2, 0.25) is 0 Å². The molecule has 0 saturated heterocycles. The van der Waals surface area contributed by atoms with E-state index in [2.05, 4.69) is 6.08 Å². The Hall–Kier alpha value is -1.78. The second kappa shape index (κ2) is 4.62. The normalized spacial score (nSPS) is 40.4. The molecule has 0 unspecified atom stereocenters. The summed E-state index contributed by atoms with van der Waals surface area (Å²) < 4.78 is 5.18. The average Bonchev–Trinajstić information content (AvgIpc) is 2.78. The standard InChI is InChI=1S/C19H22O4/c1-18-7-5-12-13-10-15(20)16(23-2)9-11(13)3-4-14(12)19(18,22)8-6-17(18)21/h3-5,7,9-10,12,14,17,20-22H,6,8H2,1-2H3/t12-,14-,17-,18-,19+/m1/s1. The van der Waals surface area contributed by atoms with Crippen LogP contribution in [-0.2, 0) is 0 Å². The zero-order valence-corrected chi connectivity index (χ0v) is 13.4. The first-order valence-corrected chi connectivity index (χ1v) is 8.09. The molecule has 1 fully saturated rings. The minimum Gasteiger partial charge on any atom is -0.504 e. The van der Waals surface area contributed by atoms with E-state index in [1.807, 2.05) is 31.2 Å². The SMILES string of the molecule is COc1cc2c(cc1O)[C@H]1C=C[C@]3(C)[C@H](O)CC[C@]3(O)[C@@H]1C=C2. The second-order valence-electron chi connectivity index (χ2n) is 7.18. The lowest BCUT2D eigenvalue weighted by Crippen LogP contribution is -2.54. The van der Waals surface area contributed by atoms with Gasteiger partial charge in [-0.3, -0.25) is 0 Å². The van der Waals surface area contributed by atoms with Gasteiger partial charge in [-0.15, -0.1) is 0 Å². The van der Waals surface area contributed by atoms with Gasteiger partial charge in [0.25, 0.3) is 0 Å². The molecule has 0 radical (unpaired) electrons. The zero-order valence-electron chi connectivity index (χ0n) is 13.4. The van der Waals surface area contributed by atoms with Crippen LogP contribution in [0, 0.1) is 11.3 Å². The van der Waals surface area contributed by atoms with Crippen LogP contribution in [0.2, 0.25) is 0 Å². The van der Waals surface area contributed by atoms with Gasteiger partial charge in [0.15, 0.2) is 11.5 Å². The van der Waals surface area contributed by atoms with E-state index in [-0.39, 0.29) is 17.6 Å². The minimum absolute atomic E-state index is 0.00446. The summed E-state index contributed by atoms with van der Waals surface area (Å²) in [5, 5.41) is 31.9. The molecule has 0 bridgehead atoms. The summed E-state index contributed by atoms with van der Waals surface area (Å²) in [7, 11) is 1.53. The van der Waals surface area contributed by atoms with E-state index in [9.17, 15) is 15.3 Å². The Morgan fingerprint density at radius 2 is 2.04 bits per heavy atom. The Morgan fingerprint density at radius 3 is 2.78 bits per heavy atom. The number of methoxy groups -OCH3 is 1. The molecule has 0 amide bonds. The van der Waals surface area contributed by atoms with Crippen molar-refractivity contribution in [2.24, 2.45) is 11.3 Å². The lowest BCUT2D eigenvalue weighted by atomic mass is 9.58. The van der Waals surface area contributed by atoms with Crippen molar-refractivity contribution in [1.82, 2.24) is 0 Å². The molecule has 4 heteroatoms. The largest absolute Gasteiger partial charge is 0.504 e. The highest BCUT2D eigenvalue weighted by Gasteiger charge is 2.61. The van der Waals surface area contributed by atoms with Gasteiger partial charge in [0.1, 0.15) is 0 Å². The van der Waals surface area contributed by atoms with Crippen LogP contribution in [0.4, 0.5) is 0 Å². The number of hydrogen-bond donors (Lipinski definition) is 3. The number of benzene rings is 1. The van der Waals surface area contributed by atoms with E-state index in [1.54, 1.807) is 6.07 Å². The highest BCUT2D eigenvalue weighted by Crippen LogP contribution is 2.59. The van der Waals surface area contributed by atoms with Gasteiger partial charge in [-0.2, -0.15) is 0 Å². The molecule has 5 atom stereocenters. The van der Waals surface area contributed by atoms with Crippen molar-refractivity contribution in [3.05, 3.63) is 41.5 Å². The number of aliphatic hydroxyl groups is 2. The van der Waals surface area contributed by atoms with Crippen LogP contribution >= 0.6 is 0 Å². The van der Waals surface area contributed by atoms with Gasteiger partial charge in [0.05, 0.1) is 18.8 Å². The number of hydrogen-bond acceptors (Lipinski definition) is 4. The van der Waals surface area contributed by atoms with Crippen molar-refractivity contribution in [1.29, 1.82) is 0 Å². The van der Waals surface area contributed by atoms with Crippen LogP contribution in [0.1, 0.15) is 36.8 Å². The molecule has 23 heavy (non-hydrogen) atoms. The highest BCUT2D eigenvalue weighted by molar-refractivity contribution is 5.65. The molecule has 0 heterocycles. The van der Waals surface area contributed by atoms with Gasteiger partial charge >= 0.3 is 0 Å². The van der Waals surface area contributed by atoms with Crippen LogP contribution in [0.15, 0.2) is 30.4 Å². The van der Waals surface area contributed by atoms with Crippen LogP contribution in [-0.4, -0.2) is 34.1 Å². The van der Waals surface area contributed by atoms with E-state index in [0.29, 0.717) is 18.6 Å². The molecule has 3 aliphatic rings. The number of phenols is 1. The first kappa shape index (κ1) is 14.8. The maximum absolute atomic E-state index is 11.4. The summed E-state index contributed by atoms with van der Waals surface area (Å²) >= 11 is 0. The van der Waals surface area contributed by atoms with E-state index in [1.165, 1.54) is 7.11 Å². The summed E-state index contributed by atoms with van der Waals surface area (Å²) in [6.45, 7) is 1.94. The average molecular weight is 314 g/mol. The summed E-state index contributed by atoms with van der Waals surface area (Å²) in [5.74, 6) is 0.456. The fraction of sp³-hybridized carbons (Fsp3) is 0.474. The Bertz CT molecular complexity index is 722. The van der Waals surface area contributed by atoms with Crippen LogP contribution in [0.3, 0.4) is 0 Å². The number of fused-ring (bicyclic) bond motifs is 5.